The van der Waals surface area contributed by atoms with Crippen LogP contribution in [0.4, 0.5) is 11.4 Å². The van der Waals surface area contributed by atoms with E-state index in [-0.39, 0.29) is 18.4 Å². The Hall–Kier alpha value is -3.40. The van der Waals surface area contributed by atoms with Crippen LogP contribution in [0.15, 0.2) is 84.9 Å². The lowest BCUT2D eigenvalue weighted by Crippen LogP contribution is -2.56. The molecule has 4 heteroatoms. The van der Waals surface area contributed by atoms with Crippen LogP contribution in [0.3, 0.4) is 0 Å². The molecule has 4 nitrogen and oxygen atoms in total. The molecule has 0 aromatic heterocycles. The molecule has 0 radical (unpaired) electrons. The second-order valence-corrected chi connectivity index (χ2v) is 6.67. The van der Waals surface area contributed by atoms with Crippen molar-refractivity contribution in [1.82, 2.24) is 0 Å². The molecule has 134 valence electrons. The molecule has 1 saturated heterocycles. The van der Waals surface area contributed by atoms with Crippen LogP contribution in [0.1, 0.15) is 17.2 Å². The molecule has 1 atom stereocenters. The Morgan fingerprint density at radius 2 is 1.33 bits per heavy atom. The number of carbonyl (C=O) groups excluding carboxylic acids is 2. The van der Waals surface area contributed by atoms with E-state index in [1.165, 1.54) is 0 Å². The van der Waals surface area contributed by atoms with Gasteiger partial charge in [0, 0.05) is 11.4 Å². The zero-order valence-corrected chi connectivity index (χ0v) is 15.1. The monoisotopic (exact) mass is 356 g/mol. The van der Waals surface area contributed by atoms with Gasteiger partial charge in [0.25, 0.3) is 5.91 Å². The van der Waals surface area contributed by atoms with Gasteiger partial charge in [0.2, 0.25) is 5.91 Å². The molecule has 1 heterocycles. The van der Waals surface area contributed by atoms with Crippen molar-refractivity contribution >= 4 is 23.2 Å². The molecule has 1 aliphatic rings. The van der Waals surface area contributed by atoms with Crippen LogP contribution in [-0.2, 0) is 9.59 Å². The molecule has 0 saturated carbocycles. The molecule has 0 spiro atoms. The van der Waals surface area contributed by atoms with Crippen LogP contribution < -0.4 is 9.80 Å². The second-order valence-electron chi connectivity index (χ2n) is 6.67. The number of amides is 2. The van der Waals surface area contributed by atoms with Gasteiger partial charge in [-0.25, -0.2) is 0 Å². The number of carbonyl (C=O) groups is 2. The first-order valence-electron chi connectivity index (χ1n) is 8.95. The summed E-state index contributed by atoms with van der Waals surface area (Å²) in [6.07, 6.45) is 0. The molecule has 0 N–H and O–H groups in total. The zero-order chi connectivity index (χ0) is 18.8. The Kier molecular flexibility index (Phi) is 4.47. The topological polar surface area (TPSA) is 40.6 Å². The SMILES string of the molecule is Cc1ccc(N2CC(=O)N(c3ccccc3)C(c3ccccc3)C2=O)cc1. The van der Waals surface area contributed by atoms with Gasteiger partial charge in [0.05, 0.1) is 0 Å². The van der Waals surface area contributed by atoms with Crippen molar-refractivity contribution in [3.8, 4) is 0 Å². The van der Waals surface area contributed by atoms with E-state index in [4.69, 9.17) is 0 Å². The van der Waals surface area contributed by atoms with Crippen LogP contribution in [0.5, 0.6) is 0 Å². The standard InChI is InChI=1S/C23H20N2O2/c1-17-12-14-19(15-13-17)24-16-21(26)25(20-10-6-3-7-11-20)22(23(24)27)18-8-4-2-5-9-18/h2-15,22H,16H2,1H3. The summed E-state index contributed by atoms with van der Waals surface area (Å²) in [5.74, 6) is -0.205. The number of para-hydroxylation sites is 1. The molecule has 3 aromatic carbocycles. The molecular weight excluding hydrogens is 336 g/mol. The first-order chi connectivity index (χ1) is 13.1. The van der Waals surface area contributed by atoms with Crippen LogP contribution in [0.2, 0.25) is 0 Å². The lowest BCUT2D eigenvalue weighted by Gasteiger charge is -2.40. The summed E-state index contributed by atoms with van der Waals surface area (Å²) in [5.41, 5.74) is 3.39. The normalized spacial score (nSPS) is 17.3. The molecule has 3 aromatic rings. The van der Waals surface area contributed by atoms with E-state index >= 15 is 0 Å². The van der Waals surface area contributed by atoms with Gasteiger partial charge < -0.3 is 4.90 Å². The number of piperazine rings is 1. The fraction of sp³-hybridized carbons (Fsp3) is 0.130. The summed E-state index contributed by atoms with van der Waals surface area (Å²) in [5, 5.41) is 0. The van der Waals surface area contributed by atoms with Gasteiger partial charge in [0.1, 0.15) is 12.6 Å². The third kappa shape index (κ3) is 3.22. The minimum Gasteiger partial charge on any atom is -0.301 e. The van der Waals surface area contributed by atoms with Crippen LogP contribution in [0.25, 0.3) is 0 Å². The highest BCUT2D eigenvalue weighted by Crippen LogP contribution is 2.34. The Labute approximate surface area is 158 Å². The highest BCUT2D eigenvalue weighted by atomic mass is 16.2. The molecule has 1 fully saturated rings. The van der Waals surface area contributed by atoms with Crippen LogP contribution in [0, 0.1) is 6.92 Å². The molecule has 1 unspecified atom stereocenters. The third-order valence-electron chi connectivity index (χ3n) is 4.82. The lowest BCUT2D eigenvalue weighted by molar-refractivity contribution is -0.128. The van der Waals surface area contributed by atoms with Crippen LogP contribution in [-0.4, -0.2) is 18.4 Å². The molecule has 2 amide bonds. The van der Waals surface area contributed by atoms with Crippen molar-refractivity contribution in [2.24, 2.45) is 0 Å². The van der Waals surface area contributed by atoms with Gasteiger partial charge in [0.15, 0.2) is 0 Å². The Balaban J connectivity index is 1.80. The van der Waals surface area contributed by atoms with E-state index in [9.17, 15) is 9.59 Å². The van der Waals surface area contributed by atoms with Crippen molar-refractivity contribution in [2.75, 3.05) is 16.3 Å². The molecule has 27 heavy (non-hydrogen) atoms. The van der Waals surface area contributed by atoms with Gasteiger partial charge in [-0.3, -0.25) is 14.5 Å². The van der Waals surface area contributed by atoms with Crippen molar-refractivity contribution in [1.29, 1.82) is 0 Å². The number of nitrogens with zero attached hydrogens (tertiary/aromatic N) is 2. The van der Waals surface area contributed by atoms with Gasteiger partial charge in [-0.2, -0.15) is 0 Å². The van der Waals surface area contributed by atoms with E-state index in [0.29, 0.717) is 0 Å². The summed E-state index contributed by atoms with van der Waals surface area (Å²) in [6, 6.07) is 25.9. The highest BCUT2D eigenvalue weighted by Gasteiger charge is 2.41. The maximum atomic E-state index is 13.5. The molecule has 0 aliphatic carbocycles. The second kappa shape index (κ2) is 7.08. The average Bonchev–Trinajstić information content (AvgIpc) is 2.71. The summed E-state index contributed by atoms with van der Waals surface area (Å²) in [6.45, 7) is 2.02. The average molecular weight is 356 g/mol. The van der Waals surface area contributed by atoms with E-state index < -0.39 is 6.04 Å². The molecule has 1 aliphatic heterocycles. The maximum absolute atomic E-state index is 13.5. The van der Waals surface area contributed by atoms with Crippen molar-refractivity contribution in [2.45, 2.75) is 13.0 Å². The summed E-state index contributed by atoms with van der Waals surface area (Å²) in [4.78, 5) is 29.8. The van der Waals surface area contributed by atoms with E-state index in [0.717, 1.165) is 22.5 Å². The number of hydrogen-bond donors (Lipinski definition) is 0. The third-order valence-corrected chi connectivity index (χ3v) is 4.82. The number of aryl methyl sites for hydroxylation is 1. The Morgan fingerprint density at radius 1 is 0.741 bits per heavy atom. The number of benzene rings is 3. The van der Waals surface area contributed by atoms with Gasteiger partial charge in [-0.05, 0) is 36.8 Å². The van der Waals surface area contributed by atoms with E-state index in [1.807, 2.05) is 91.9 Å². The van der Waals surface area contributed by atoms with Gasteiger partial charge in [-0.1, -0.05) is 66.2 Å². The molecular formula is C23H20N2O2. The Bertz CT molecular complexity index is 953. The van der Waals surface area contributed by atoms with Crippen molar-refractivity contribution in [3.63, 3.8) is 0 Å². The fourth-order valence-corrected chi connectivity index (χ4v) is 3.44. The predicted octanol–water partition coefficient (Wildman–Crippen LogP) is 4.12. The smallest absolute Gasteiger partial charge is 0.255 e. The first-order valence-corrected chi connectivity index (χ1v) is 8.95. The van der Waals surface area contributed by atoms with E-state index in [1.54, 1.807) is 9.80 Å². The molecule has 0 bridgehead atoms. The summed E-state index contributed by atoms with van der Waals surface area (Å²) < 4.78 is 0. The minimum atomic E-state index is -0.684. The van der Waals surface area contributed by atoms with Gasteiger partial charge in [-0.15, -0.1) is 0 Å². The van der Waals surface area contributed by atoms with Crippen molar-refractivity contribution < 1.29 is 9.59 Å². The quantitative estimate of drug-likeness (QED) is 0.708. The zero-order valence-electron chi connectivity index (χ0n) is 15.1. The Morgan fingerprint density at radius 3 is 1.96 bits per heavy atom. The summed E-state index contributed by atoms with van der Waals surface area (Å²) in [7, 11) is 0. The fourth-order valence-electron chi connectivity index (χ4n) is 3.44. The molecule has 4 rings (SSSR count). The number of rotatable bonds is 3. The maximum Gasteiger partial charge on any atom is 0.255 e. The van der Waals surface area contributed by atoms with Gasteiger partial charge >= 0.3 is 0 Å². The number of anilines is 2. The minimum absolute atomic E-state index is 0.0279. The highest BCUT2D eigenvalue weighted by molar-refractivity contribution is 6.14. The predicted molar refractivity (Wildman–Crippen MR) is 107 cm³/mol. The summed E-state index contributed by atoms with van der Waals surface area (Å²) >= 11 is 0. The number of hydrogen-bond acceptors (Lipinski definition) is 2. The largest absolute Gasteiger partial charge is 0.301 e. The van der Waals surface area contributed by atoms with Crippen molar-refractivity contribution in [3.05, 3.63) is 96.1 Å². The lowest BCUT2D eigenvalue weighted by atomic mass is 9.99. The van der Waals surface area contributed by atoms with E-state index in [2.05, 4.69) is 0 Å². The van der Waals surface area contributed by atoms with Crippen LogP contribution >= 0.6 is 0 Å². The first kappa shape index (κ1) is 17.0.